The predicted octanol–water partition coefficient (Wildman–Crippen LogP) is 2.83. The maximum atomic E-state index is 10.7. The minimum Gasteiger partial charge on any atom is -0.370 e. The molecule has 0 atom stereocenters. The molecule has 0 aromatic carbocycles. The summed E-state index contributed by atoms with van der Waals surface area (Å²) >= 11 is 0. The highest BCUT2D eigenvalue weighted by Gasteiger charge is 2.11. The van der Waals surface area contributed by atoms with E-state index < -0.39 is 4.92 Å². The van der Waals surface area contributed by atoms with Crippen molar-refractivity contribution in [3.05, 3.63) is 27.9 Å². The van der Waals surface area contributed by atoms with Gasteiger partial charge in [-0.05, 0) is 53.3 Å². The minimum atomic E-state index is -0.409. The van der Waals surface area contributed by atoms with Crippen LogP contribution in [0.25, 0.3) is 0 Å². The zero-order chi connectivity index (χ0) is 15.1. The third kappa shape index (κ3) is 5.13. The molecule has 0 amide bonds. The van der Waals surface area contributed by atoms with Crippen molar-refractivity contribution < 1.29 is 4.92 Å². The number of nitrogens with zero attached hydrogens (tertiary/aromatic N) is 3. The fourth-order valence-electron chi connectivity index (χ4n) is 1.81. The molecule has 0 bridgehead atoms. The Kier molecular flexibility index (Phi) is 6.38. The number of aromatic nitrogens is 1. The van der Waals surface area contributed by atoms with Gasteiger partial charge in [-0.1, -0.05) is 0 Å². The fourth-order valence-corrected chi connectivity index (χ4v) is 1.81. The summed E-state index contributed by atoms with van der Waals surface area (Å²) in [6.45, 7) is 7.92. The van der Waals surface area contributed by atoms with Gasteiger partial charge in [-0.25, -0.2) is 4.98 Å². The molecule has 0 aliphatic carbocycles. The molecule has 0 unspecified atom stereocenters. The van der Waals surface area contributed by atoms with Gasteiger partial charge in [-0.15, -0.1) is 0 Å². The quantitative estimate of drug-likeness (QED) is 0.450. The highest BCUT2D eigenvalue weighted by molar-refractivity contribution is 5.44. The van der Waals surface area contributed by atoms with E-state index in [2.05, 4.69) is 36.1 Å². The first kappa shape index (κ1) is 16.4. The van der Waals surface area contributed by atoms with Gasteiger partial charge in [-0.3, -0.25) is 10.1 Å². The van der Waals surface area contributed by atoms with Gasteiger partial charge in [0.1, 0.15) is 11.5 Å². The number of rotatable bonds is 8. The second kappa shape index (κ2) is 7.79. The molecule has 6 heteroatoms. The molecule has 20 heavy (non-hydrogen) atoms. The summed E-state index contributed by atoms with van der Waals surface area (Å²) in [4.78, 5) is 16.8. The van der Waals surface area contributed by atoms with Crippen molar-refractivity contribution in [1.29, 1.82) is 0 Å². The average Bonchev–Trinajstić information content (AvgIpc) is 2.37. The second-order valence-corrected chi connectivity index (χ2v) is 5.27. The lowest BCUT2D eigenvalue weighted by atomic mass is 10.2. The number of pyridine rings is 1. The highest BCUT2D eigenvalue weighted by Crippen LogP contribution is 2.17. The number of hydrogen-bond acceptors (Lipinski definition) is 5. The van der Waals surface area contributed by atoms with Crippen molar-refractivity contribution in [3.8, 4) is 0 Å². The van der Waals surface area contributed by atoms with Crippen LogP contribution in [0.2, 0.25) is 0 Å². The topological polar surface area (TPSA) is 71.3 Å². The number of hydrogen-bond donors (Lipinski definition) is 1. The Morgan fingerprint density at radius 1 is 1.40 bits per heavy atom. The van der Waals surface area contributed by atoms with Crippen LogP contribution in [0.5, 0.6) is 0 Å². The average molecular weight is 280 g/mol. The monoisotopic (exact) mass is 280 g/mol. The van der Waals surface area contributed by atoms with Crippen LogP contribution in [0.15, 0.2) is 12.1 Å². The second-order valence-electron chi connectivity index (χ2n) is 5.27. The van der Waals surface area contributed by atoms with Crippen molar-refractivity contribution in [3.63, 3.8) is 0 Å². The van der Waals surface area contributed by atoms with E-state index >= 15 is 0 Å². The molecule has 0 saturated heterocycles. The third-order valence-corrected chi connectivity index (χ3v) is 3.38. The molecule has 0 radical (unpaired) electrons. The van der Waals surface area contributed by atoms with Gasteiger partial charge in [0.15, 0.2) is 0 Å². The van der Waals surface area contributed by atoms with E-state index in [1.54, 1.807) is 13.0 Å². The molecule has 0 saturated carbocycles. The van der Waals surface area contributed by atoms with E-state index in [9.17, 15) is 10.1 Å². The first-order chi connectivity index (χ1) is 9.41. The van der Waals surface area contributed by atoms with Crippen LogP contribution in [0.3, 0.4) is 0 Å². The van der Waals surface area contributed by atoms with Crippen molar-refractivity contribution in [1.82, 2.24) is 9.88 Å². The van der Waals surface area contributed by atoms with E-state index in [0.29, 0.717) is 17.6 Å². The number of anilines is 1. The Bertz CT molecular complexity index is 449. The van der Waals surface area contributed by atoms with Gasteiger partial charge >= 0.3 is 0 Å². The van der Waals surface area contributed by atoms with Crippen LogP contribution in [-0.4, -0.2) is 41.0 Å². The van der Waals surface area contributed by atoms with E-state index in [1.165, 1.54) is 6.07 Å². The summed E-state index contributed by atoms with van der Waals surface area (Å²) in [5, 5.41) is 13.9. The lowest BCUT2D eigenvalue weighted by Gasteiger charge is -2.20. The molecule has 1 rings (SSSR count). The van der Waals surface area contributed by atoms with E-state index in [1.807, 2.05) is 0 Å². The molecule has 6 nitrogen and oxygen atoms in total. The summed E-state index contributed by atoms with van der Waals surface area (Å²) in [5.41, 5.74) is 0.508. The Balaban J connectivity index is 2.32. The van der Waals surface area contributed by atoms with Crippen molar-refractivity contribution >= 4 is 11.5 Å². The van der Waals surface area contributed by atoms with Crippen LogP contribution in [0, 0.1) is 17.0 Å². The SMILES string of the molecule is Cc1nc(NCCCCN(C)C(C)C)ccc1[N+](=O)[O-]. The lowest BCUT2D eigenvalue weighted by Crippen LogP contribution is -2.27. The first-order valence-electron chi connectivity index (χ1n) is 6.98. The molecular formula is C14H24N4O2. The number of nitro groups is 1. The summed E-state index contributed by atoms with van der Waals surface area (Å²) in [6.07, 6.45) is 2.17. The molecule has 0 aliphatic rings. The van der Waals surface area contributed by atoms with Gasteiger partial charge in [0.25, 0.3) is 5.69 Å². The maximum Gasteiger partial charge on any atom is 0.290 e. The molecule has 1 heterocycles. The lowest BCUT2D eigenvalue weighted by molar-refractivity contribution is -0.385. The molecule has 0 aliphatic heterocycles. The Labute approximate surface area is 120 Å². The molecule has 1 N–H and O–H groups in total. The Morgan fingerprint density at radius 3 is 2.65 bits per heavy atom. The Hall–Kier alpha value is -1.69. The molecule has 0 spiro atoms. The molecule has 0 fully saturated rings. The summed E-state index contributed by atoms with van der Waals surface area (Å²) in [7, 11) is 2.12. The molecule has 1 aromatic heterocycles. The smallest absolute Gasteiger partial charge is 0.290 e. The molecule has 1 aromatic rings. The molecule has 112 valence electrons. The van der Waals surface area contributed by atoms with E-state index in [-0.39, 0.29) is 5.69 Å². The van der Waals surface area contributed by atoms with Gasteiger partial charge in [0.2, 0.25) is 0 Å². The van der Waals surface area contributed by atoms with Crippen molar-refractivity contribution in [2.24, 2.45) is 0 Å². The van der Waals surface area contributed by atoms with Gasteiger partial charge in [0, 0.05) is 18.7 Å². The first-order valence-corrected chi connectivity index (χ1v) is 6.98. The molecular weight excluding hydrogens is 256 g/mol. The number of nitrogens with one attached hydrogen (secondary N) is 1. The third-order valence-electron chi connectivity index (χ3n) is 3.38. The summed E-state index contributed by atoms with van der Waals surface area (Å²) in [5.74, 6) is 0.699. The minimum absolute atomic E-state index is 0.0640. The fraction of sp³-hybridized carbons (Fsp3) is 0.643. The van der Waals surface area contributed by atoms with Crippen molar-refractivity contribution in [2.75, 3.05) is 25.5 Å². The summed E-state index contributed by atoms with van der Waals surface area (Å²) in [6, 6.07) is 3.73. The predicted molar refractivity (Wildman–Crippen MR) is 81.1 cm³/mol. The van der Waals surface area contributed by atoms with Gasteiger partial charge in [0.05, 0.1) is 4.92 Å². The zero-order valence-electron chi connectivity index (χ0n) is 12.7. The highest BCUT2D eigenvalue weighted by atomic mass is 16.6. The summed E-state index contributed by atoms with van der Waals surface area (Å²) < 4.78 is 0. The van der Waals surface area contributed by atoms with Crippen LogP contribution in [0.4, 0.5) is 11.5 Å². The van der Waals surface area contributed by atoms with Crippen LogP contribution < -0.4 is 5.32 Å². The zero-order valence-corrected chi connectivity index (χ0v) is 12.7. The van der Waals surface area contributed by atoms with Crippen LogP contribution in [-0.2, 0) is 0 Å². The number of unbranched alkanes of at least 4 members (excludes halogenated alkanes) is 1. The Morgan fingerprint density at radius 2 is 2.10 bits per heavy atom. The van der Waals surface area contributed by atoms with Gasteiger partial charge < -0.3 is 10.2 Å². The maximum absolute atomic E-state index is 10.7. The van der Waals surface area contributed by atoms with Gasteiger partial charge in [-0.2, -0.15) is 0 Å². The standard InChI is InChI=1S/C14H24N4O2/c1-11(2)17(4)10-6-5-9-15-14-8-7-13(18(19)20)12(3)16-14/h7-8,11H,5-6,9-10H2,1-4H3,(H,15,16). The van der Waals surface area contributed by atoms with E-state index in [4.69, 9.17) is 0 Å². The van der Waals surface area contributed by atoms with E-state index in [0.717, 1.165) is 25.9 Å². The largest absolute Gasteiger partial charge is 0.370 e. The van der Waals surface area contributed by atoms with Crippen molar-refractivity contribution in [2.45, 2.75) is 39.7 Å². The van der Waals surface area contributed by atoms with Crippen LogP contribution in [0.1, 0.15) is 32.4 Å². The van der Waals surface area contributed by atoms with Crippen LogP contribution >= 0.6 is 0 Å². The number of aryl methyl sites for hydroxylation is 1. The normalized spacial score (nSPS) is 11.1.